The monoisotopic (exact) mass is 248 g/mol. The molecule has 0 spiro atoms. The number of nitrogen functional groups attached to an aromatic ring is 1. The van der Waals surface area contributed by atoms with Crippen molar-refractivity contribution in [2.45, 2.75) is 13.5 Å². The first kappa shape index (κ1) is 12.1. The summed E-state index contributed by atoms with van der Waals surface area (Å²) in [7, 11) is 0. The molecule has 0 saturated heterocycles. The zero-order valence-corrected chi connectivity index (χ0v) is 9.85. The Labute approximate surface area is 103 Å². The van der Waals surface area contributed by atoms with Crippen LogP contribution in [0.4, 0.5) is 15.9 Å². The quantitative estimate of drug-likeness (QED) is 0.814. The summed E-state index contributed by atoms with van der Waals surface area (Å²) in [6.45, 7) is 2.52. The highest BCUT2D eigenvalue weighted by Crippen LogP contribution is 2.13. The zero-order valence-electron chi connectivity index (χ0n) is 9.85. The summed E-state index contributed by atoms with van der Waals surface area (Å²) >= 11 is 0. The minimum atomic E-state index is -0.641. The zero-order chi connectivity index (χ0) is 13.1. The van der Waals surface area contributed by atoms with E-state index in [1.54, 1.807) is 16.8 Å². The van der Waals surface area contributed by atoms with Gasteiger partial charge in [0, 0.05) is 12.7 Å². The summed E-state index contributed by atoms with van der Waals surface area (Å²) in [5, 5.41) is 2.52. The van der Waals surface area contributed by atoms with Crippen molar-refractivity contribution in [1.82, 2.24) is 9.55 Å². The lowest BCUT2D eigenvalue weighted by molar-refractivity contribution is 0.101. The molecule has 0 fully saturated rings. The van der Waals surface area contributed by atoms with Gasteiger partial charge in [-0.1, -0.05) is 6.07 Å². The van der Waals surface area contributed by atoms with Gasteiger partial charge in [0.05, 0.1) is 5.69 Å². The van der Waals surface area contributed by atoms with Crippen LogP contribution in [0.2, 0.25) is 0 Å². The molecular formula is C12H13FN4O. The van der Waals surface area contributed by atoms with Crippen molar-refractivity contribution in [2.24, 2.45) is 0 Å². The maximum atomic E-state index is 12.9. The lowest BCUT2D eigenvalue weighted by Gasteiger charge is -2.06. The summed E-state index contributed by atoms with van der Waals surface area (Å²) in [4.78, 5) is 15.5. The van der Waals surface area contributed by atoms with E-state index in [4.69, 9.17) is 5.73 Å². The third-order valence-electron chi connectivity index (χ3n) is 2.45. The van der Waals surface area contributed by atoms with Gasteiger partial charge in [0.15, 0.2) is 0 Å². The Morgan fingerprint density at radius 1 is 1.56 bits per heavy atom. The number of nitrogens with zero attached hydrogens (tertiary/aromatic N) is 2. The third kappa shape index (κ3) is 2.48. The molecule has 2 aromatic rings. The van der Waals surface area contributed by atoms with Gasteiger partial charge < -0.3 is 15.6 Å². The fourth-order valence-electron chi connectivity index (χ4n) is 1.64. The van der Waals surface area contributed by atoms with Gasteiger partial charge in [-0.15, -0.1) is 0 Å². The van der Waals surface area contributed by atoms with Crippen molar-refractivity contribution in [2.75, 3.05) is 11.1 Å². The Balaban J connectivity index is 2.21. The fourth-order valence-corrected chi connectivity index (χ4v) is 1.64. The van der Waals surface area contributed by atoms with Gasteiger partial charge in [0.1, 0.15) is 11.5 Å². The average Bonchev–Trinajstić information content (AvgIpc) is 2.70. The SMILES string of the molecule is CCn1cc(N)cc1C(=O)Nc1cccc(F)n1. The summed E-state index contributed by atoms with van der Waals surface area (Å²) in [5.74, 6) is -0.840. The molecule has 0 saturated carbocycles. The number of aromatic nitrogens is 2. The van der Waals surface area contributed by atoms with E-state index in [2.05, 4.69) is 10.3 Å². The molecule has 0 unspecified atom stereocenters. The highest BCUT2D eigenvalue weighted by atomic mass is 19.1. The second kappa shape index (κ2) is 4.87. The van der Waals surface area contributed by atoms with Gasteiger partial charge >= 0.3 is 0 Å². The van der Waals surface area contributed by atoms with Crippen LogP contribution in [0.25, 0.3) is 0 Å². The molecule has 3 N–H and O–H groups in total. The maximum absolute atomic E-state index is 12.9. The highest BCUT2D eigenvalue weighted by molar-refractivity contribution is 6.03. The van der Waals surface area contributed by atoms with Gasteiger partial charge in [-0.05, 0) is 25.1 Å². The molecule has 18 heavy (non-hydrogen) atoms. The van der Waals surface area contributed by atoms with Crippen molar-refractivity contribution in [3.05, 3.63) is 42.1 Å². The largest absolute Gasteiger partial charge is 0.397 e. The number of carbonyl (C=O) groups is 1. The first-order valence-corrected chi connectivity index (χ1v) is 5.49. The van der Waals surface area contributed by atoms with Crippen LogP contribution in [-0.2, 0) is 6.54 Å². The number of hydrogen-bond acceptors (Lipinski definition) is 3. The molecule has 0 radical (unpaired) electrons. The van der Waals surface area contributed by atoms with E-state index in [1.165, 1.54) is 18.2 Å². The molecule has 0 aliphatic carbocycles. The minimum Gasteiger partial charge on any atom is -0.397 e. The maximum Gasteiger partial charge on any atom is 0.273 e. The second-order valence-electron chi connectivity index (χ2n) is 3.74. The minimum absolute atomic E-state index is 0.169. The topological polar surface area (TPSA) is 72.9 Å². The Morgan fingerprint density at radius 2 is 2.33 bits per heavy atom. The van der Waals surface area contributed by atoms with Crippen molar-refractivity contribution in [3.8, 4) is 0 Å². The standard InChI is InChI=1S/C12H13FN4O/c1-2-17-7-8(14)6-9(17)12(18)16-11-5-3-4-10(13)15-11/h3-7H,2,14H2,1H3,(H,15,16,18). The van der Waals surface area contributed by atoms with E-state index in [9.17, 15) is 9.18 Å². The molecule has 0 bridgehead atoms. The molecular weight excluding hydrogens is 235 g/mol. The Hall–Kier alpha value is -2.37. The van der Waals surface area contributed by atoms with Gasteiger partial charge in [-0.2, -0.15) is 4.39 Å². The van der Waals surface area contributed by atoms with Gasteiger partial charge in [-0.25, -0.2) is 4.98 Å². The number of pyridine rings is 1. The van der Waals surface area contributed by atoms with Crippen molar-refractivity contribution >= 4 is 17.4 Å². The number of rotatable bonds is 3. The Morgan fingerprint density at radius 3 is 3.00 bits per heavy atom. The predicted molar refractivity (Wildman–Crippen MR) is 66.7 cm³/mol. The average molecular weight is 248 g/mol. The van der Waals surface area contributed by atoms with Crippen LogP contribution in [0.3, 0.4) is 0 Å². The van der Waals surface area contributed by atoms with Gasteiger partial charge in [0.25, 0.3) is 5.91 Å². The van der Waals surface area contributed by atoms with E-state index in [-0.39, 0.29) is 11.7 Å². The number of aryl methyl sites for hydroxylation is 1. The summed E-state index contributed by atoms with van der Waals surface area (Å²) < 4.78 is 14.6. The smallest absolute Gasteiger partial charge is 0.273 e. The normalized spacial score (nSPS) is 10.3. The van der Waals surface area contributed by atoms with E-state index in [1.807, 2.05) is 6.92 Å². The number of nitrogens with one attached hydrogen (secondary N) is 1. The highest BCUT2D eigenvalue weighted by Gasteiger charge is 2.12. The number of nitrogens with two attached hydrogens (primary N) is 1. The molecule has 94 valence electrons. The van der Waals surface area contributed by atoms with Gasteiger partial charge in [0.2, 0.25) is 5.95 Å². The van der Waals surface area contributed by atoms with E-state index >= 15 is 0 Å². The molecule has 6 heteroatoms. The first-order valence-electron chi connectivity index (χ1n) is 5.49. The lowest BCUT2D eigenvalue weighted by atomic mass is 10.3. The van der Waals surface area contributed by atoms with Crippen LogP contribution in [0.1, 0.15) is 17.4 Å². The Kier molecular flexibility index (Phi) is 3.27. The number of amides is 1. The molecule has 2 heterocycles. The fraction of sp³-hybridized carbons (Fsp3) is 0.167. The lowest BCUT2D eigenvalue weighted by Crippen LogP contribution is -2.17. The van der Waals surface area contributed by atoms with E-state index < -0.39 is 5.95 Å². The van der Waals surface area contributed by atoms with Crippen LogP contribution in [0, 0.1) is 5.95 Å². The van der Waals surface area contributed by atoms with Crippen LogP contribution in [0.15, 0.2) is 30.5 Å². The van der Waals surface area contributed by atoms with E-state index in [0.717, 1.165) is 0 Å². The van der Waals surface area contributed by atoms with Crippen LogP contribution in [-0.4, -0.2) is 15.5 Å². The third-order valence-corrected chi connectivity index (χ3v) is 2.45. The second-order valence-corrected chi connectivity index (χ2v) is 3.74. The molecule has 0 aliphatic rings. The summed E-state index contributed by atoms with van der Waals surface area (Å²) in [6.07, 6.45) is 1.67. The van der Waals surface area contributed by atoms with Crippen LogP contribution in [0.5, 0.6) is 0 Å². The van der Waals surface area contributed by atoms with Crippen LogP contribution >= 0.6 is 0 Å². The molecule has 5 nitrogen and oxygen atoms in total. The van der Waals surface area contributed by atoms with Crippen molar-refractivity contribution < 1.29 is 9.18 Å². The molecule has 0 atom stereocenters. The van der Waals surface area contributed by atoms with Crippen LogP contribution < -0.4 is 11.1 Å². The number of hydrogen-bond donors (Lipinski definition) is 2. The molecule has 0 aromatic carbocycles. The number of halogens is 1. The van der Waals surface area contributed by atoms with Crippen molar-refractivity contribution in [3.63, 3.8) is 0 Å². The van der Waals surface area contributed by atoms with E-state index in [0.29, 0.717) is 17.9 Å². The van der Waals surface area contributed by atoms with Crippen molar-refractivity contribution in [1.29, 1.82) is 0 Å². The first-order chi connectivity index (χ1) is 8.60. The number of carbonyl (C=O) groups excluding carboxylic acids is 1. The molecule has 2 rings (SSSR count). The number of anilines is 2. The Bertz CT molecular complexity index is 579. The predicted octanol–water partition coefficient (Wildman–Crippen LogP) is 1.88. The molecule has 1 amide bonds. The summed E-state index contributed by atoms with van der Waals surface area (Å²) in [6, 6.07) is 5.77. The summed E-state index contributed by atoms with van der Waals surface area (Å²) in [5.41, 5.74) is 6.56. The molecule has 2 aromatic heterocycles. The van der Waals surface area contributed by atoms with Gasteiger partial charge in [-0.3, -0.25) is 4.79 Å². The molecule has 0 aliphatic heterocycles.